The number of nitrogens with zero attached hydrogens (tertiary/aromatic N) is 4. The maximum atomic E-state index is 4.58. The largest absolute Gasteiger partial charge is 0.325 e. The maximum Gasteiger partial charge on any atom is 0.133 e. The lowest BCUT2D eigenvalue weighted by Gasteiger charge is -2.13. The van der Waals surface area contributed by atoms with Crippen molar-refractivity contribution in [2.24, 2.45) is 0 Å². The van der Waals surface area contributed by atoms with E-state index in [1.165, 1.54) is 0 Å². The van der Waals surface area contributed by atoms with Crippen LogP contribution >= 0.6 is 0 Å². The van der Waals surface area contributed by atoms with E-state index in [4.69, 9.17) is 0 Å². The zero-order valence-corrected chi connectivity index (χ0v) is 14.7. The van der Waals surface area contributed by atoms with E-state index >= 15 is 0 Å². The molecule has 5 heterocycles. The molecule has 0 unspecified atom stereocenters. The lowest BCUT2D eigenvalue weighted by Crippen LogP contribution is -2.04. The van der Waals surface area contributed by atoms with Crippen molar-refractivity contribution in [3.8, 4) is 0 Å². The van der Waals surface area contributed by atoms with Crippen LogP contribution in [0.25, 0.3) is 0 Å². The van der Waals surface area contributed by atoms with E-state index in [-0.39, 0.29) is 0 Å². The quantitative estimate of drug-likeness (QED) is 0.316. The smallest absolute Gasteiger partial charge is 0.133 e. The average Bonchev–Trinajstić information content (AvgIpc) is 2.69. The van der Waals surface area contributed by atoms with E-state index < -0.39 is 0 Å². The fourth-order valence-electron chi connectivity index (χ4n) is 2.82. The van der Waals surface area contributed by atoms with Gasteiger partial charge >= 0.3 is 0 Å². The molecule has 0 fully saturated rings. The summed E-state index contributed by atoms with van der Waals surface area (Å²) in [7, 11) is 0. The Hall–Kier alpha value is -4.20. The molecule has 4 N–H and O–H groups in total. The number of anilines is 8. The van der Waals surface area contributed by atoms with Crippen LogP contribution in [0.3, 0.4) is 0 Å². The molecule has 4 aromatic heterocycles. The number of nitrogens with one attached hydrogen (secondary N) is 4. The Labute approximate surface area is 161 Å². The molecule has 0 saturated heterocycles. The van der Waals surface area contributed by atoms with Crippen molar-refractivity contribution in [1.29, 1.82) is 0 Å². The van der Waals surface area contributed by atoms with Gasteiger partial charge in [-0.15, -0.1) is 0 Å². The number of aromatic nitrogens is 4. The minimum atomic E-state index is 0.677. The van der Waals surface area contributed by atoms with E-state index in [1.807, 2.05) is 72.8 Å². The molecule has 0 aromatic carbocycles. The van der Waals surface area contributed by atoms with Crippen LogP contribution in [0, 0.1) is 0 Å². The van der Waals surface area contributed by atoms with Crippen LogP contribution in [0.1, 0.15) is 0 Å². The van der Waals surface area contributed by atoms with Crippen LogP contribution in [0.5, 0.6) is 0 Å². The van der Waals surface area contributed by atoms with Crippen molar-refractivity contribution < 1.29 is 0 Å². The summed E-state index contributed by atoms with van der Waals surface area (Å²) < 4.78 is 0. The Morgan fingerprint density at radius 1 is 0.321 bits per heavy atom. The standard InChI is InChI=1S/C20H16N8/c1-5-13-21-14(6-1)26-16-8-3-10-18(23-16)28-20-12-4-11-19(24-20)27-17-9-2-7-15(22-17)25-13/h1-12H,(H4,21,22,23,24,25,26,27,28). The molecule has 1 aliphatic rings. The van der Waals surface area contributed by atoms with Gasteiger partial charge in [-0.2, -0.15) is 0 Å². The second-order valence-electron chi connectivity index (χ2n) is 6.13. The van der Waals surface area contributed by atoms with Gasteiger partial charge in [0.1, 0.15) is 46.5 Å². The molecule has 4 aromatic rings. The minimum absolute atomic E-state index is 0.677. The number of hydrogen-bond donors (Lipinski definition) is 4. The number of fused-ring (bicyclic) bond motifs is 8. The first-order chi connectivity index (χ1) is 13.8. The van der Waals surface area contributed by atoms with Gasteiger partial charge in [-0.3, -0.25) is 0 Å². The highest BCUT2D eigenvalue weighted by Crippen LogP contribution is 2.23. The molecular formula is C20H16N8. The van der Waals surface area contributed by atoms with Crippen LogP contribution in [-0.4, -0.2) is 19.9 Å². The number of pyridine rings is 4. The maximum absolute atomic E-state index is 4.58. The van der Waals surface area contributed by atoms with Crippen LogP contribution in [0.15, 0.2) is 72.8 Å². The predicted octanol–water partition coefficient (Wildman–Crippen LogP) is 4.55. The van der Waals surface area contributed by atoms with Crippen LogP contribution < -0.4 is 21.3 Å². The topological polar surface area (TPSA) is 99.7 Å². The Bertz CT molecular complexity index is 893. The molecule has 0 atom stereocenters. The molecule has 0 saturated carbocycles. The zero-order valence-electron chi connectivity index (χ0n) is 14.7. The van der Waals surface area contributed by atoms with Gasteiger partial charge in [-0.25, -0.2) is 19.9 Å². The summed E-state index contributed by atoms with van der Waals surface area (Å²) in [5, 5.41) is 12.9. The summed E-state index contributed by atoms with van der Waals surface area (Å²) >= 11 is 0. The first-order valence-electron chi connectivity index (χ1n) is 8.76. The first kappa shape index (κ1) is 16.0. The molecule has 8 heteroatoms. The third-order valence-corrected chi connectivity index (χ3v) is 4.02. The van der Waals surface area contributed by atoms with Gasteiger partial charge in [-0.1, -0.05) is 24.3 Å². The molecule has 5 rings (SSSR count). The monoisotopic (exact) mass is 368 g/mol. The van der Waals surface area contributed by atoms with Gasteiger partial charge < -0.3 is 21.3 Å². The van der Waals surface area contributed by atoms with Crippen LogP contribution in [-0.2, 0) is 0 Å². The SMILES string of the molecule is c1cc2nc(c1)Nc1cccc(n1)Nc1cccc(n1)Nc1cccc(n1)N2. The van der Waals surface area contributed by atoms with Gasteiger partial charge in [0.15, 0.2) is 0 Å². The number of hydrogen-bond acceptors (Lipinski definition) is 8. The van der Waals surface area contributed by atoms with Gasteiger partial charge in [-0.05, 0) is 48.5 Å². The summed E-state index contributed by atoms with van der Waals surface area (Å²) in [6.45, 7) is 0. The van der Waals surface area contributed by atoms with E-state index in [9.17, 15) is 0 Å². The van der Waals surface area contributed by atoms with E-state index in [2.05, 4.69) is 41.2 Å². The highest BCUT2D eigenvalue weighted by Gasteiger charge is 2.06. The Morgan fingerprint density at radius 2 is 0.500 bits per heavy atom. The van der Waals surface area contributed by atoms with Crippen LogP contribution in [0.4, 0.5) is 46.5 Å². The average molecular weight is 368 g/mol. The van der Waals surface area contributed by atoms with Gasteiger partial charge in [0.2, 0.25) is 0 Å². The Morgan fingerprint density at radius 3 is 0.679 bits per heavy atom. The lowest BCUT2D eigenvalue weighted by atomic mass is 10.3. The summed E-state index contributed by atoms with van der Waals surface area (Å²) in [4.78, 5) is 18.3. The van der Waals surface area contributed by atoms with Crippen molar-refractivity contribution in [3.63, 3.8) is 0 Å². The highest BCUT2D eigenvalue weighted by atomic mass is 15.2. The fraction of sp³-hybridized carbons (Fsp3) is 0. The molecular weight excluding hydrogens is 352 g/mol. The van der Waals surface area contributed by atoms with Gasteiger partial charge in [0.25, 0.3) is 0 Å². The molecule has 0 aliphatic carbocycles. The fourth-order valence-corrected chi connectivity index (χ4v) is 2.82. The zero-order chi connectivity index (χ0) is 18.8. The third-order valence-electron chi connectivity index (χ3n) is 4.02. The molecule has 8 bridgehead atoms. The van der Waals surface area contributed by atoms with E-state index in [0.29, 0.717) is 46.5 Å². The van der Waals surface area contributed by atoms with Crippen molar-refractivity contribution in [1.82, 2.24) is 19.9 Å². The summed E-state index contributed by atoms with van der Waals surface area (Å²) in [6, 6.07) is 22.7. The van der Waals surface area contributed by atoms with Crippen molar-refractivity contribution >= 4 is 46.5 Å². The second-order valence-corrected chi connectivity index (χ2v) is 6.13. The highest BCUT2D eigenvalue weighted by molar-refractivity contribution is 5.64. The molecule has 0 amide bonds. The van der Waals surface area contributed by atoms with E-state index in [0.717, 1.165) is 0 Å². The molecule has 136 valence electrons. The minimum Gasteiger partial charge on any atom is -0.325 e. The molecule has 1 aliphatic heterocycles. The lowest BCUT2D eigenvalue weighted by molar-refractivity contribution is 1.20. The summed E-state index contributed by atoms with van der Waals surface area (Å²) in [5.41, 5.74) is 0. The Kier molecular flexibility index (Phi) is 3.91. The first-order valence-corrected chi connectivity index (χ1v) is 8.76. The second kappa shape index (κ2) is 6.84. The van der Waals surface area contributed by atoms with Crippen LogP contribution in [0.2, 0.25) is 0 Å². The van der Waals surface area contributed by atoms with Crippen molar-refractivity contribution in [2.75, 3.05) is 21.3 Å². The third kappa shape index (κ3) is 3.51. The Balaban J connectivity index is 1.60. The number of rotatable bonds is 0. The van der Waals surface area contributed by atoms with Crippen molar-refractivity contribution in [2.45, 2.75) is 0 Å². The molecule has 8 nitrogen and oxygen atoms in total. The predicted molar refractivity (Wildman–Crippen MR) is 110 cm³/mol. The molecule has 28 heavy (non-hydrogen) atoms. The van der Waals surface area contributed by atoms with Gasteiger partial charge in [0.05, 0.1) is 0 Å². The van der Waals surface area contributed by atoms with E-state index in [1.54, 1.807) is 0 Å². The van der Waals surface area contributed by atoms with Gasteiger partial charge in [0, 0.05) is 0 Å². The summed E-state index contributed by atoms with van der Waals surface area (Å²) in [5.74, 6) is 5.42. The van der Waals surface area contributed by atoms with Crippen molar-refractivity contribution in [3.05, 3.63) is 72.8 Å². The molecule has 0 radical (unpaired) electrons. The molecule has 0 spiro atoms. The normalized spacial score (nSPS) is 12.0. The summed E-state index contributed by atoms with van der Waals surface area (Å²) in [6.07, 6.45) is 0.